The van der Waals surface area contributed by atoms with Crippen molar-refractivity contribution >= 4 is 12.0 Å². The molecular weight excluding hydrogens is 230 g/mol. The minimum Gasteiger partial charge on any atom is -0.281 e. The minimum absolute atomic E-state index is 0.340. The highest BCUT2D eigenvalue weighted by atomic mass is 16.2. The van der Waals surface area contributed by atoms with Gasteiger partial charge in [-0.05, 0) is 5.56 Å². The monoisotopic (exact) mass is 243 g/mol. The fourth-order valence-electron chi connectivity index (χ4n) is 1.52. The lowest BCUT2D eigenvalue weighted by Crippen LogP contribution is -2.35. The quantitative estimate of drug-likeness (QED) is 0.734. The number of nitrogens with zero attached hydrogens (tertiary/aromatic N) is 3. The van der Waals surface area contributed by atoms with Crippen molar-refractivity contribution in [1.29, 1.82) is 0 Å². The van der Waals surface area contributed by atoms with E-state index in [9.17, 15) is 9.59 Å². The molecule has 0 saturated heterocycles. The Bertz CT molecular complexity index is 696. The van der Waals surface area contributed by atoms with Crippen LogP contribution in [-0.4, -0.2) is 15.3 Å². The van der Waals surface area contributed by atoms with E-state index in [0.717, 1.165) is 10.1 Å². The van der Waals surface area contributed by atoms with Crippen LogP contribution in [-0.2, 0) is 14.1 Å². The number of rotatable bonds is 2. The van der Waals surface area contributed by atoms with Crippen LogP contribution in [0.3, 0.4) is 0 Å². The smallest absolute Gasteiger partial charge is 0.281 e. The third-order valence-electron chi connectivity index (χ3n) is 2.65. The van der Waals surface area contributed by atoms with Crippen LogP contribution in [0.1, 0.15) is 5.56 Å². The Morgan fingerprint density at radius 1 is 1.06 bits per heavy atom. The Labute approximate surface area is 104 Å². The maximum absolute atomic E-state index is 11.7. The second kappa shape index (κ2) is 4.83. The first-order valence-corrected chi connectivity index (χ1v) is 5.46. The van der Waals surface area contributed by atoms with Crippen LogP contribution in [0.5, 0.6) is 0 Å². The molecule has 0 saturated carbocycles. The third kappa shape index (κ3) is 2.29. The highest BCUT2D eigenvalue weighted by Gasteiger charge is 2.03. The average molecular weight is 243 g/mol. The third-order valence-corrected chi connectivity index (χ3v) is 2.65. The Morgan fingerprint density at radius 3 is 2.39 bits per heavy atom. The van der Waals surface area contributed by atoms with Gasteiger partial charge < -0.3 is 0 Å². The van der Waals surface area contributed by atoms with E-state index in [-0.39, 0.29) is 11.2 Å². The lowest BCUT2D eigenvalue weighted by atomic mass is 10.2. The summed E-state index contributed by atoms with van der Waals surface area (Å²) >= 11 is 0. The zero-order valence-corrected chi connectivity index (χ0v) is 10.2. The summed E-state index contributed by atoms with van der Waals surface area (Å²) in [6, 6.07) is 10.8. The Balaban J connectivity index is 2.45. The normalized spacial score (nSPS) is 11.0. The van der Waals surface area contributed by atoms with Crippen molar-refractivity contribution in [3.63, 3.8) is 0 Å². The minimum atomic E-state index is -0.386. The SMILES string of the molecule is Cn1c(/N=C\c2ccccc2)cc(=O)n(C)c1=O. The largest absolute Gasteiger partial charge is 0.332 e. The predicted octanol–water partition coefficient (Wildman–Crippen LogP) is 0.835. The zero-order chi connectivity index (χ0) is 13.1. The van der Waals surface area contributed by atoms with Gasteiger partial charge in [0.2, 0.25) is 0 Å². The van der Waals surface area contributed by atoms with Crippen LogP contribution in [0.4, 0.5) is 5.82 Å². The molecule has 0 aliphatic carbocycles. The lowest BCUT2D eigenvalue weighted by molar-refractivity contribution is 0.689. The van der Waals surface area contributed by atoms with Gasteiger partial charge in [-0.2, -0.15) is 0 Å². The molecule has 1 heterocycles. The summed E-state index contributed by atoms with van der Waals surface area (Å²) in [5.74, 6) is 0.340. The number of aromatic nitrogens is 2. The summed E-state index contributed by atoms with van der Waals surface area (Å²) < 4.78 is 2.38. The first-order valence-electron chi connectivity index (χ1n) is 5.46. The van der Waals surface area contributed by atoms with E-state index >= 15 is 0 Å². The molecule has 0 aliphatic rings. The van der Waals surface area contributed by atoms with Crippen molar-refractivity contribution in [3.05, 3.63) is 62.8 Å². The summed E-state index contributed by atoms with van der Waals surface area (Å²) in [5.41, 5.74) is 0.159. The second-order valence-corrected chi connectivity index (χ2v) is 3.91. The van der Waals surface area contributed by atoms with Gasteiger partial charge in [0.25, 0.3) is 5.56 Å². The molecule has 0 aliphatic heterocycles. The maximum atomic E-state index is 11.7. The van der Waals surface area contributed by atoms with E-state index in [1.165, 1.54) is 17.7 Å². The van der Waals surface area contributed by atoms with Crippen molar-refractivity contribution in [3.8, 4) is 0 Å². The van der Waals surface area contributed by atoms with Gasteiger partial charge in [-0.1, -0.05) is 30.3 Å². The standard InChI is InChI=1S/C13H13N3O2/c1-15-11(8-12(17)16(2)13(15)18)14-9-10-6-4-3-5-7-10/h3-9H,1-2H3/b14-9-. The molecule has 5 nitrogen and oxygen atoms in total. The fraction of sp³-hybridized carbons (Fsp3) is 0.154. The van der Waals surface area contributed by atoms with Gasteiger partial charge in [-0.15, -0.1) is 0 Å². The molecule has 5 heteroatoms. The highest BCUT2D eigenvalue weighted by molar-refractivity contribution is 5.81. The average Bonchev–Trinajstić information content (AvgIpc) is 2.40. The highest BCUT2D eigenvalue weighted by Crippen LogP contribution is 2.04. The van der Waals surface area contributed by atoms with Crippen LogP contribution < -0.4 is 11.2 Å². The molecule has 1 aromatic carbocycles. The Hall–Kier alpha value is -2.43. The van der Waals surface area contributed by atoms with E-state index in [4.69, 9.17) is 0 Å². The van der Waals surface area contributed by atoms with Crippen LogP contribution in [0, 0.1) is 0 Å². The van der Waals surface area contributed by atoms with E-state index < -0.39 is 0 Å². The van der Waals surface area contributed by atoms with Gasteiger partial charge in [0.15, 0.2) is 0 Å². The topological polar surface area (TPSA) is 56.4 Å². The van der Waals surface area contributed by atoms with Crippen molar-refractivity contribution in [1.82, 2.24) is 9.13 Å². The zero-order valence-electron chi connectivity index (χ0n) is 10.2. The molecule has 0 bridgehead atoms. The van der Waals surface area contributed by atoms with Gasteiger partial charge in [0.05, 0.1) is 0 Å². The number of hydrogen-bond donors (Lipinski definition) is 0. The molecule has 0 atom stereocenters. The summed E-state index contributed by atoms with van der Waals surface area (Å²) in [7, 11) is 3.02. The maximum Gasteiger partial charge on any atom is 0.332 e. The van der Waals surface area contributed by atoms with Crippen LogP contribution in [0.25, 0.3) is 0 Å². The van der Waals surface area contributed by atoms with Crippen LogP contribution in [0.15, 0.2) is 51.0 Å². The molecule has 2 rings (SSSR count). The molecule has 2 aromatic rings. The number of hydrogen-bond acceptors (Lipinski definition) is 3. The molecule has 0 amide bonds. The van der Waals surface area contributed by atoms with E-state index in [1.807, 2.05) is 30.3 Å². The molecule has 1 aromatic heterocycles. The van der Waals surface area contributed by atoms with Crippen molar-refractivity contribution < 1.29 is 0 Å². The van der Waals surface area contributed by atoms with E-state index in [2.05, 4.69) is 4.99 Å². The van der Waals surface area contributed by atoms with Gasteiger partial charge in [-0.25, -0.2) is 9.79 Å². The molecule has 0 fully saturated rings. The van der Waals surface area contributed by atoms with Gasteiger partial charge in [0, 0.05) is 26.4 Å². The molecule has 18 heavy (non-hydrogen) atoms. The fourth-order valence-corrected chi connectivity index (χ4v) is 1.52. The number of aliphatic imine (C=N–C) groups is 1. The van der Waals surface area contributed by atoms with Gasteiger partial charge >= 0.3 is 5.69 Å². The van der Waals surface area contributed by atoms with Gasteiger partial charge in [0.1, 0.15) is 5.82 Å². The van der Waals surface area contributed by atoms with E-state index in [0.29, 0.717) is 5.82 Å². The first-order chi connectivity index (χ1) is 8.59. The Morgan fingerprint density at radius 2 is 1.72 bits per heavy atom. The predicted molar refractivity (Wildman–Crippen MR) is 70.6 cm³/mol. The summed E-state index contributed by atoms with van der Waals surface area (Å²) in [6.07, 6.45) is 1.62. The van der Waals surface area contributed by atoms with Gasteiger partial charge in [-0.3, -0.25) is 13.9 Å². The number of benzene rings is 1. The summed E-state index contributed by atoms with van der Waals surface area (Å²) in [5, 5.41) is 0. The van der Waals surface area contributed by atoms with Crippen molar-refractivity contribution in [2.45, 2.75) is 0 Å². The molecular formula is C13H13N3O2. The van der Waals surface area contributed by atoms with Crippen molar-refractivity contribution in [2.24, 2.45) is 19.1 Å². The van der Waals surface area contributed by atoms with E-state index in [1.54, 1.807) is 13.3 Å². The Kier molecular flexibility index (Phi) is 3.23. The van der Waals surface area contributed by atoms with Crippen molar-refractivity contribution in [2.75, 3.05) is 0 Å². The molecule has 0 spiro atoms. The van der Waals surface area contributed by atoms with Crippen LogP contribution >= 0.6 is 0 Å². The van der Waals surface area contributed by atoms with Crippen LogP contribution in [0.2, 0.25) is 0 Å². The second-order valence-electron chi connectivity index (χ2n) is 3.91. The molecule has 0 radical (unpaired) electrons. The lowest BCUT2D eigenvalue weighted by Gasteiger charge is -2.04. The summed E-state index contributed by atoms with van der Waals surface area (Å²) in [6.45, 7) is 0. The molecule has 0 unspecified atom stereocenters. The molecule has 92 valence electrons. The summed E-state index contributed by atoms with van der Waals surface area (Å²) in [4.78, 5) is 27.3. The molecule has 0 N–H and O–H groups in total. The first kappa shape index (κ1) is 12.0.